The van der Waals surface area contributed by atoms with Crippen LogP contribution in [0.5, 0.6) is 11.5 Å². The number of rotatable bonds is 6. The quantitative estimate of drug-likeness (QED) is 0.755. The van der Waals surface area contributed by atoms with Crippen LogP contribution in [0.3, 0.4) is 0 Å². The first-order valence-corrected chi connectivity index (χ1v) is 7.44. The summed E-state index contributed by atoms with van der Waals surface area (Å²) in [5.74, 6) is 1.17. The zero-order valence-electron chi connectivity index (χ0n) is 13.2. The number of nitrogens with zero attached hydrogens (tertiary/aromatic N) is 1. The van der Waals surface area contributed by atoms with Crippen molar-refractivity contribution in [2.75, 3.05) is 33.4 Å². The number of carbonyl (C=O) groups excluding carboxylic acids is 1. The molecule has 2 rings (SSSR count). The third-order valence-electron chi connectivity index (χ3n) is 3.55. The number of allylic oxidation sites excluding steroid dienone is 1. The normalized spacial score (nSPS) is 17.9. The van der Waals surface area contributed by atoms with Crippen molar-refractivity contribution in [1.29, 1.82) is 0 Å². The highest BCUT2D eigenvalue weighted by molar-refractivity contribution is 5.78. The minimum absolute atomic E-state index is 0.00385. The third kappa shape index (κ3) is 4.24. The van der Waals surface area contributed by atoms with Gasteiger partial charge >= 0.3 is 0 Å². The summed E-state index contributed by atoms with van der Waals surface area (Å²) in [5, 5.41) is 0. The first-order valence-electron chi connectivity index (χ1n) is 7.44. The van der Waals surface area contributed by atoms with E-state index in [0.717, 1.165) is 12.0 Å². The second kappa shape index (κ2) is 7.84. The van der Waals surface area contributed by atoms with E-state index in [0.29, 0.717) is 31.2 Å². The molecule has 22 heavy (non-hydrogen) atoms. The largest absolute Gasteiger partial charge is 0.493 e. The van der Waals surface area contributed by atoms with Crippen LogP contribution in [-0.4, -0.2) is 50.3 Å². The van der Waals surface area contributed by atoms with E-state index in [9.17, 15) is 4.79 Å². The van der Waals surface area contributed by atoms with Crippen molar-refractivity contribution in [3.05, 3.63) is 36.4 Å². The van der Waals surface area contributed by atoms with Crippen LogP contribution >= 0.6 is 0 Å². The highest BCUT2D eigenvalue weighted by Gasteiger charge is 2.21. The molecule has 1 aliphatic rings. The SMILES string of the molecule is C=CCc1ccc(OCC(=O)N2CCOC(C)C2)c(OC)c1. The van der Waals surface area contributed by atoms with Crippen molar-refractivity contribution in [1.82, 2.24) is 4.90 Å². The summed E-state index contributed by atoms with van der Waals surface area (Å²) in [6.45, 7) is 7.48. The zero-order valence-corrected chi connectivity index (χ0v) is 13.2. The number of methoxy groups -OCH3 is 1. The van der Waals surface area contributed by atoms with Crippen LogP contribution in [0.15, 0.2) is 30.9 Å². The Kier molecular flexibility index (Phi) is 5.83. The maximum Gasteiger partial charge on any atom is 0.260 e. The zero-order chi connectivity index (χ0) is 15.9. The summed E-state index contributed by atoms with van der Waals surface area (Å²) in [7, 11) is 1.59. The van der Waals surface area contributed by atoms with Crippen LogP contribution in [0, 0.1) is 0 Å². The minimum atomic E-state index is -0.0348. The number of hydrogen-bond acceptors (Lipinski definition) is 4. The Bertz CT molecular complexity index is 529. The molecule has 0 spiro atoms. The Morgan fingerprint density at radius 1 is 1.50 bits per heavy atom. The van der Waals surface area contributed by atoms with Gasteiger partial charge in [0.1, 0.15) is 0 Å². The predicted octanol–water partition coefficient (Wildman–Crippen LogP) is 2.05. The number of benzene rings is 1. The predicted molar refractivity (Wildman–Crippen MR) is 84.4 cm³/mol. The standard InChI is InChI=1S/C17H23NO4/c1-4-5-14-6-7-15(16(10-14)20-3)22-12-17(19)18-8-9-21-13(2)11-18/h4,6-7,10,13H,1,5,8-9,11-12H2,2-3H3. The van der Waals surface area contributed by atoms with E-state index in [2.05, 4.69) is 6.58 Å². The Hall–Kier alpha value is -2.01. The van der Waals surface area contributed by atoms with Gasteiger partial charge in [0, 0.05) is 13.1 Å². The number of amides is 1. The second-order valence-corrected chi connectivity index (χ2v) is 5.29. The first kappa shape index (κ1) is 16.4. The molecule has 0 aromatic heterocycles. The van der Waals surface area contributed by atoms with Crippen LogP contribution in [0.2, 0.25) is 0 Å². The van der Waals surface area contributed by atoms with Crippen molar-refractivity contribution in [3.8, 4) is 11.5 Å². The van der Waals surface area contributed by atoms with Gasteiger partial charge in [-0.15, -0.1) is 6.58 Å². The molecule has 1 aromatic carbocycles. The number of ether oxygens (including phenoxy) is 3. The van der Waals surface area contributed by atoms with E-state index in [1.165, 1.54) is 0 Å². The molecule has 0 radical (unpaired) electrons. The summed E-state index contributed by atoms with van der Waals surface area (Å²) in [6, 6.07) is 5.67. The van der Waals surface area contributed by atoms with E-state index < -0.39 is 0 Å². The molecule has 0 aliphatic carbocycles. The topological polar surface area (TPSA) is 48.0 Å². The monoisotopic (exact) mass is 305 g/mol. The molecule has 0 saturated carbocycles. The van der Waals surface area contributed by atoms with Crippen molar-refractivity contribution < 1.29 is 19.0 Å². The molecule has 5 heteroatoms. The van der Waals surface area contributed by atoms with Gasteiger partial charge in [-0.3, -0.25) is 4.79 Å². The lowest BCUT2D eigenvalue weighted by atomic mass is 10.1. The number of morpholine rings is 1. The molecule has 1 aliphatic heterocycles. The molecule has 1 saturated heterocycles. The van der Waals surface area contributed by atoms with Gasteiger partial charge in [-0.05, 0) is 31.0 Å². The Labute approximate surface area is 131 Å². The molecular formula is C17H23NO4. The number of carbonyl (C=O) groups is 1. The van der Waals surface area contributed by atoms with Crippen molar-refractivity contribution in [2.24, 2.45) is 0 Å². The molecule has 1 heterocycles. The smallest absolute Gasteiger partial charge is 0.260 e. The van der Waals surface area contributed by atoms with Crippen molar-refractivity contribution >= 4 is 5.91 Å². The van der Waals surface area contributed by atoms with E-state index in [4.69, 9.17) is 14.2 Å². The summed E-state index contributed by atoms with van der Waals surface area (Å²) in [4.78, 5) is 13.9. The van der Waals surface area contributed by atoms with Crippen molar-refractivity contribution in [3.63, 3.8) is 0 Å². The molecule has 5 nitrogen and oxygen atoms in total. The summed E-state index contributed by atoms with van der Waals surface area (Å²) in [6.07, 6.45) is 2.67. The van der Waals surface area contributed by atoms with Crippen LogP contribution in [0.25, 0.3) is 0 Å². The molecular weight excluding hydrogens is 282 g/mol. The molecule has 120 valence electrons. The van der Waals surface area contributed by atoms with E-state index in [1.807, 2.05) is 31.2 Å². The molecule has 1 aromatic rings. The molecule has 1 amide bonds. The molecule has 1 atom stereocenters. The average Bonchev–Trinajstić information content (AvgIpc) is 2.53. The van der Waals surface area contributed by atoms with E-state index >= 15 is 0 Å². The second-order valence-electron chi connectivity index (χ2n) is 5.29. The highest BCUT2D eigenvalue weighted by Crippen LogP contribution is 2.28. The van der Waals surface area contributed by atoms with Gasteiger partial charge in [0.05, 0.1) is 19.8 Å². The number of hydrogen-bond donors (Lipinski definition) is 0. The molecule has 1 unspecified atom stereocenters. The Balaban J connectivity index is 1.95. The lowest BCUT2D eigenvalue weighted by Crippen LogP contribution is -2.46. The van der Waals surface area contributed by atoms with Gasteiger partial charge in [0.15, 0.2) is 18.1 Å². The molecule has 0 bridgehead atoms. The average molecular weight is 305 g/mol. The Morgan fingerprint density at radius 2 is 2.32 bits per heavy atom. The van der Waals surface area contributed by atoms with Crippen LogP contribution in [0.4, 0.5) is 0 Å². The van der Waals surface area contributed by atoms with Gasteiger partial charge in [-0.1, -0.05) is 12.1 Å². The minimum Gasteiger partial charge on any atom is -0.493 e. The fourth-order valence-corrected chi connectivity index (χ4v) is 2.40. The van der Waals surface area contributed by atoms with Gasteiger partial charge in [-0.2, -0.15) is 0 Å². The summed E-state index contributed by atoms with van der Waals surface area (Å²) >= 11 is 0. The molecule has 1 fully saturated rings. The lowest BCUT2D eigenvalue weighted by Gasteiger charge is -2.31. The molecule has 0 N–H and O–H groups in total. The first-order chi connectivity index (χ1) is 10.6. The third-order valence-corrected chi connectivity index (χ3v) is 3.55. The van der Waals surface area contributed by atoms with Gasteiger partial charge in [0.25, 0.3) is 5.91 Å². The van der Waals surface area contributed by atoms with E-state index in [1.54, 1.807) is 12.0 Å². The van der Waals surface area contributed by atoms with E-state index in [-0.39, 0.29) is 18.6 Å². The van der Waals surface area contributed by atoms with Gasteiger partial charge in [0.2, 0.25) is 0 Å². The van der Waals surface area contributed by atoms with Crippen LogP contribution in [0.1, 0.15) is 12.5 Å². The summed E-state index contributed by atoms with van der Waals surface area (Å²) in [5.41, 5.74) is 1.09. The van der Waals surface area contributed by atoms with Crippen LogP contribution in [-0.2, 0) is 16.0 Å². The Morgan fingerprint density at radius 3 is 3.00 bits per heavy atom. The van der Waals surface area contributed by atoms with Gasteiger partial charge in [-0.25, -0.2) is 0 Å². The maximum atomic E-state index is 12.2. The maximum absolute atomic E-state index is 12.2. The van der Waals surface area contributed by atoms with Gasteiger partial charge < -0.3 is 19.1 Å². The van der Waals surface area contributed by atoms with Crippen LogP contribution < -0.4 is 9.47 Å². The lowest BCUT2D eigenvalue weighted by molar-refractivity contribution is -0.140. The fourth-order valence-electron chi connectivity index (χ4n) is 2.40. The van der Waals surface area contributed by atoms with Crippen molar-refractivity contribution in [2.45, 2.75) is 19.4 Å². The summed E-state index contributed by atoms with van der Waals surface area (Å²) < 4.78 is 16.4. The highest BCUT2D eigenvalue weighted by atomic mass is 16.5. The fraction of sp³-hybridized carbons (Fsp3) is 0.471.